The van der Waals surface area contributed by atoms with Gasteiger partial charge in [0.1, 0.15) is 5.75 Å². The van der Waals surface area contributed by atoms with Crippen molar-refractivity contribution in [1.82, 2.24) is 0 Å². The Balaban J connectivity index is 1.47. The Bertz CT molecular complexity index is 1110. The van der Waals surface area contributed by atoms with Crippen molar-refractivity contribution in [3.8, 4) is 11.6 Å². The first kappa shape index (κ1) is 18.9. The van der Waals surface area contributed by atoms with Crippen molar-refractivity contribution in [3.63, 3.8) is 0 Å². The molecule has 5 rings (SSSR count). The summed E-state index contributed by atoms with van der Waals surface area (Å²) in [6, 6.07) is 29.9. The standard InChI is InChI=1S/C28H28NO/c1-3-9-22(10-4-1)21-29-20-19-25-13-7-8-14-27(25)28(29)30-26-17-15-24(16-18-26)23-11-5-2-6-12-23/h1,3-4,7-10,13-20,23H,2,5-6,11-12,21H2/q+1. The molecule has 0 atom stereocenters. The van der Waals surface area contributed by atoms with Crippen LogP contribution in [0, 0.1) is 0 Å². The molecule has 0 radical (unpaired) electrons. The number of hydrogen-bond donors (Lipinski definition) is 0. The third-order valence-electron chi connectivity index (χ3n) is 6.25. The van der Waals surface area contributed by atoms with E-state index < -0.39 is 0 Å². The molecule has 0 N–H and O–H groups in total. The zero-order valence-corrected chi connectivity index (χ0v) is 17.3. The Labute approximate surface area is 178 Å². The van der Waals surface area contributed by atoms with Gasteiger partial charge >= 0.3 is 5.88 Å². The van der Waals surface area contributed by atoms with Crippen LogP contribution >= 0.6 is 0 Å². The SMILES string of the molecule is c1ccc(C[n+]2ccc3ccccc3c2Oc2ccc(C3CCCCC3)cc2)cc1. The monoisotopic (exact) mass is 394 g/mol. The molecule has 4 aromatic rings. The van der Waals surface area contributed by atoms with Crippen molar-refractivity contribution in [2.75, 3.05) is 0 Å². The van der Waals surface area contributed by atoms with Crippen LogP contribution in [-0.4, -0.2) is 0 Å². The topological polar surface area (TPSA) is 13.1 Å². The average Bonchev–Trinajstić information content (AvgIpc) is 2.82. The number of hydrogen-bond acceptors (Lipinski definition) is 1. The lowest BCUT2D eigenvalue weighted by atomic mass is 9.84. The van der Waals surface area contributed by atoms with Gasteiger partial charge in [0.15, 0.2) is 12.7 Å². The second-order valence-corrected chi connectivity index (χ2v) is 8.33. The van der Waals surface area contributed by atoms with E-state index in [2.05, 4.69) is 95.7 Å². The molecule has 2 nitrogen and oxygen atoms in total. The minimum Gasteiger partial charge on any atom is -0.405 e. The summed E-state index contributed by atoms with van der Waals surface area (Å²) < 4.78 is 8.70. The highest BCUT2D eigenvalue weighted by atomic mass is 16.5. The molecule has 0 amide bonds. The average molecular weight is 395 g/mol. The van der Waals surface area contributed by atoms with Crippen LogP contribution in [0.2, 0.25) is 0 Å². The molecule has 0 saturated heterocycles. The van der Waals surface area contributed by atoms with Crippen LogP contribution in [0.3, 0.4) is 0 Å². The van der Waals surface area contributed by atoms with Crippen molar-refractivity contribution in [2.24, 2.45) is 0 Å². The number of benzene rings is 3. The Morgan fingerprint density at radius 3 is 2.27 bits per heavy atom. The number of aromatic nitrogens is 1. The van der Waals surface area contributed by atoms with Crippen LogP contribution in [0.5, 0.6) is 11.6 Å². The van der Waals surface area contributed by atoms with Crippen molar-refractivity contribution in [2.45, 2.75) is 44.6 Å². The fraction of sp³-hybridized carbons (Fsp3) is 0.250. The maximum Gasteiger partial charge on any atom is 0.381 e. The number of ether oxygens (including phenoxy) is 1. The summed E-state index contributed by atoms with van der Waals surface area (Å²) in [6.07, 6.45) is 8.87. The van der Waals surface area contributed by atoms with Gasteiger partial charge < -0.3 is 4.74 Å². The van der Waals surface area contributed by atoms with Crippen molar-refractivity contribution < 1.29 is 9.30 Å². The van der Waals surface area contributed by atoms with Gasteiger partial charge in [0.05, 0.1) is 5.39 Å². The second-order valence-electron chi connectivity index (χ2n) is 8.33. The van der Waals surface area contributed by atoms with E-state index in [0.29, 0.717) is 5.92 Å². The van der Waals surface area contributed by atoms with Gasteiger partial charge in [-0.3, -0.25) is 0 Å². The fourth-order valence-corrected chi connectivity index (χ4v) is 4.60. The first-order valence-electron chi connectivity index (χ1n) is 11.1. The van der Waals surface area contributed by atoms with E-state index in [0.717, 1.165) is 23.6 Å². The van der Waals surface area contributed by atoms with Gasteiger partial charge in [0, 0.05) is 11.6 Å². The zero-order chi connectivity index (χ0) is 20.2. The minimum atomic E-state index is 0.716. The number of rotatable bonds is 5. The molecule has 1 aromatic heterocycles. The van der Waals surface area contributed by atoms with Gasteiger partial charge in [-0.1, -0.05) is 79.9 Å². The zero-order valence-electron chi connectivity index (χ0n) is 17.3. The second kappa shape index (κ2) is 8.71. The van der Waals surface area contributed by atoms with Gasteiger partial charge in [0.25, 0.3) is 0 Å². The molecule has 0 unspecified atom stereocenters. The fourth-order valence-electron chi connectivity index (χ4n) is 4.60. The molecule has 30 heavy (non-hydrogen) atoms. The van der Waals surface area contributed by atoms with Gasteiger partial charge in [-0.05, 0) is 47.9 Å². The summed E-state index contributed by atoms with van der Waals surface area (Å²) >= 11 is 0. The van der Waals surface area contributed by atoms with E-state index in [1.54, 1.807) is 0 Å². The van der Waals surface area contributed by atoms with Crippen LogP contribution in [0.4, 0.5) is 0 Å². The highest BCUT2D eigenvalue weighted by molar-refractivity contribution is 5.85. The maximum atomic E-state index is 6.50. The van der Waals surface area contributed by atoms with Crippen LogP contribution in [0.25, 0.3) is 10.8 Å². The van der Waals surface area contributed by atoms with E-state index in [1.165, 1.54) is 48.6 Å². The van der Waals surface area contributed by atoms with Crippen LogP contribution in [-0.2, 0) is 6.54 Å². The number of fused-ring (bicyclic) bond motifs is 1. The lowest BCUT2D eigenvalue weighted by Crippen LogP contribution is -2.35. The summed E-state index contributed by atoms with van der Waals surface area (Å²) in [7, 11) is 0. The number of nitrogens with zero attached hydrogens (tertiary/aromatic N) is 1. The summed E-state index contributed by atoms with van der Waals surface area (Å²) in [6.45, 7) is 0.779. The van der Waals surface area contributed by atoms with Crippen molar-refractivity contribution >= 4 is 10.8 Å². The molecule has 1 fully saturated rings. The highest BCUT2D eigenvalue weighted by Crippen LogP contribution is 2.34. The van der Waals surface area contributed by atoms with E-state index in [9.17, 15) is 0 Å². The van der Waals surface area contributed by atoms with E-state index in [-0.39, 0.29) is 0 Å². The molecule has 1 saturated carbocycles. The predicted octanol–water partition coefficient (Wildman–Crippen LogP) is 7.02. The lowest BCUT2D eigenvalue weighted by Gasteiger charge is -2.22. The van der Waals surface area contributed by atoms with Crippen LogP contribution in [0.1, 0.15) is 49.1 Å². The molecule has 3 aromatic carbocycles. The van der Waals surface area contributed by atoms with E-state index >= 15 is 0 Å². The first-order valence-corrected chi connectivity index (χ1v) is 11.1. The summed E-state index contributed by atoms with van der Waals surface area (Å²) in [5.41, 5.74) is 2.72. The van der Waals surface area contributed by atoms with Crippen LogP contribution < -0.4 is 9.30 Å². The van der Waals surface area contributed by atoms with Crippen molar-refractivity contribution in [1.29, 1.82) is 0 Å². The molecule has 1 aliphatic carbocycles. The molecule has 1 aliphatic rings. The Hall–Kier alpha value is -3.13. The van der Waals surface area contributed by atoms with Crippen molar-refractivity contribution in [3.05, 3.63) is 102 Å². The van der Waals surface area contributed by atoms with E-state index in [1.807, 2.05) is 0 Å². The molecular formula is C28H28NO+. The molecule has 0 aliphatic heterocycles. The Morgan fingerprint density at radius 2 is 1.47 bits per heavy atom. The van der Waals surface area contributed by atoms with E-state index in [4.69, 9.17) is 4.74 Å². The quantitative estimate of drug-likeness (QED) is 0.332. The number of pyridine rings is 1. The first-order chi connectivity index (χ1) is 14.9. The molecule has 1 heterocycles. The summed E-state index contributed by atoms with van der Waals surface area (Å²) in [4.78, 5) is 0. The lowest BCUT2D eigenvalue weighted by molar-refractivity contribution is -0.691. The smallest absolute Gasteiger partial charge is 0.381 e. The largest absolute Gasteiger partial charge is 0.405 e. The van der Waals surface area contributed by atoms with Gasteiger partial charge in [0.2, 0.25) is 0 Å². The summed E-state index contributed by atoms with van der Waals surface area (Å²) in [5.74, 6) is 2.50. The molecule has 150 valence electrons. The van der Waals surface area contributed by atoms with Gasteiger partial charge in [-0.25, -0.2) is 0 Å². The summed E-state index contributed by atoms with van der Waals surface area (Å²) in [5, 5.41) is 2.32. The molecular weight excluding hydrogens is 366 g/mol. The van der Waals surface area contributed by atoms with Gasteiger partial charge in [-0.15, -0.1) is 0 Å². The predicted molar refractivity (Wildman–Crippen MR) is 122 cm³/mol. The molecule has 0 spiro atoms. The highest BCUT2D eigenvalue weighted by Gasteiger charge is 2.19. The molecule has 0 bridgehead atoms. The van der Waals surface area contributed by atoms with Crippen LogP contribution in [0.15, 0.2) is 91.1 Å². The Morgan fingerprint density at radius 1 is 0.733 bits per heavy atom. The maximum absolute atomic E-state index is 6.50. The normalized spacial score (nSPS) is 14.7. The minimum absolute atomic E-state index is 0.716. The third kappa shape index (κ3) is 4.09. The molecule has 2 heteroatoms. The Kier molecular flexibility index (Phi) is 5.48. The van der Waals surface area contributed by atoms with Gasteiger partial charge in [-0.2, -0.15) is 4.57 Å². The third-order valence-corrected chi connectivity index (χ3v) is 6.25.